The molecule has 1 aromatic rings. The molecule has 0 aliphatic rings. The summed E-state index contributed by atoms with van der Waals surface area (Å²) in [6.45, 7) is 3.75. The van der Waals surface area contributed by atoms with E-state index < -0.39 is 29.9 Å². The van der Waals surface area contributed by atoms with E-state index in [1.54, 1.807) is 0 Å². The van der Waals surface area contributed by atoms with Crippen LogP contribution in [-0.4, -0.2) is 40.9 Å². The topological polar surface area (TPSA) is 95.5 Å². The summed E-state index contributed by atoms with van der Waals surface area (Å²) < 4.78 is 0. The molecular formula is C17H23ClN2O4. The molecule has 2 atom stereocenters. The summed E-state index contributed by atoms with van der Waals surface area (Å²) in [5.74, 6) is -2.28. The van der Waals surface area contributed by atoms with E-state index in [-0.39, 0.29) is 18.2 Å². The lowest BCUT2D eigenvalue weighted by atomic mass is 10.0. The predicted molar refractivity (Wildman–Crippen MR) is 91.8 cm³/mol. The molecule has 0 spiro atoms. The monoisotopic (exact) mass is 354 g/mol. The highest BCUT2D eigenvalue weighted by molar-refractivity contribution is 6.27. The molecule has 7 heteroatoms. The zero-order valence-corrected chi connectivity index (χ0v) is 14.5. The van der Waals surface area contributed by atoms with Gasteiger partial charge in [-0.25, -0.2) is 4.79 Å². The van der Waals surface area contributed by atoms with Crippen LogP contribution in [0.25, 0.3) is 0 Å². The van der Waals surface area contributed by atoms with E-state index in [0.29, 0.717) is 6.42 Å². The van der Waals surface area contributed by atoms with E-state index in [0.717, 1.165) is 5.56 Å². The first-order chi connectivity index (χ1) is 11.3. The van der Waals surface area contributed by atoms with Crippen LogP contribution < -0.4 is 10.6 Å². The van der Waals surface area contributed by atoms with E-state index in [1.165, 1.54) is 0 Å². The van der Waals surface area contributed by atoms with Crippen molar-refractivity contribution in [3.8, 4) is 0 Å². The molecule has 0 aliphatic carbocycles. The lowest BCUT2D eigenvalue weighted by molar-refractivity contribution is -0.142. The number of hydrogen-bond donors (Lipinski definition) is 3. The summed E-state index contributed by atoms with van der Waals surface area (Å²) in [5.41, 5.74) is 0.850. The minimum absolute atomic E-state index is 0.108. The van der Waals surface area contributed by atoms with Crippen molar-refractivity contribution >= 4 is 29.4 Å². The number of hydrogen-bond acceptors (Lipinski definition) is 3. The Morgan fingerprint density at radius 1 is 1.08 bits per heavy atom. The van der Waals surface area contributed by atoms with E-state index in [4.69, 9.17) is 11.6 Å². The number of aliphatic carboxylic acids is 1. The first-order valence-electron chi connectivity index (χ1n) is 7.76. The first kappa shape index (κ1) is 20.0. The second-order valence-corrected chi connectivity index (χ2v) is 6.24. The van der Waals surface area contributed by atoms with Gasteiger partial charge in [-0.3, -0.25) is 9.59 Å². The summed E-state index contributed by atoms with van der Waals surface area (Å²) in [6, 6.07) is 7.28. The molecule has 0 bridgehead atoms. The summed E-state index contributed by atoms with van der Waals surface area (Å²) in [7, 11) is 0. The number of carbonyl (C=O) groups excluding carboxylic acids is 2. The summed E-state index contributed by atoms with van der Waals surface area (Å²) in [6.07, 6.45) is 0.561. The molecule has 24 heavy (non-hydrogen) atoms. The first-order valence-corrected chi connectivity index (χ1v) is 8.29. The van der Waals surface area contributed by atoms with Gasteiger partial charge in [0.25, 0.3) is 0 Å². The van der Waals surface area contributed by atoms with Gasteiger partial charge in [-0.15, -0.1) is 11.6 Å². The lowest BCUT2D eigenvalue weighted by Crippen LogP contribution is -2.53. The van der Waals surface area contributed by atoms with Crippen molar-refractivity contribution in [3.05, 3.63) is 35.9 Å². The standard InChI is InChI=1S/C17H23ClN2O4/c1-11(2)8-14(17(23)24)20-16(22)13(19-15(21)10-18)9-12-6-4-3-5-7-12/h3-7,11,13-14H,8-10H2,1-2H3,(H,19,21)(H,20,22)(H,23,24). The molecule has 0 saturated heterocycles. The third kappa shape index (κ3) is 7.00. The molecule has 0 heterocycles. The Morgan fingerprint density at radius 2 is 1.71 bits per heavy atom. The fraction of sp³-hybridized carbons (Fsp3) is 0.471. The number of amides is 2. The van der Waals surface area contributed by atoms with Gasteiger partial charge < -0.3 is 15.7 Å². The highest BCUT2D eigenvalue weighted by atomic mass is 35.5. The van der Waals surface area contributed by atoms with Crippen molar-refractivity contribution in [1.82, 2.24) is 10.6 Å². The molecule has 2 unspecified atom stereocenters. The Balaban J connectivity index is 2.85. The van der Waals surface area contributed by atoms with Crippen LogP contribution in [0.4, 0.5) is 0 Å². The lowest BCUT2D eigenvalue weighted by Gasteiger charge is -2.22. The second-order valence-electron chi connectivity index (χ2n) is 5.97. The third-order valence-corrected chi connectivity index (χ3v) is 3.62. The van der Waals surface area contributed by atoms with Gasteiger partial charge in [0, 0.05) is 6.42 Å². The molecule has 0 radical (unpaired) electrons. The fourth-order valence-electron chi connectivity index (χ4n) is 2.26. The van der Waals surface area contributed by atoms with Gasteiger partial charge in [-0.2, -0.15) is 0 Å². The summed E-state index contributed by atoms with van der Waals surface area (Å²) >= 11 is 5.49. The van der Waals surface area contributed by atoms with Gasteiger partial charge in [0.15, 0.2) is 0 Å². The molecule has 0 aromatic heterocycles. The molecule has 2 amide bonds. The molecule has 0 fully saturated rings. The molecule has 132 valence electrons. The van der Waals surface area contributed by atoms with E-state index >= 15 is 0 Å². The van der Waals surface area contributed by atoms with Crippen molar-refractivity contribution in [2.75, 3.05) is 5.88 Å². The minimum Gasteiger partial charge on any atom is -0.480 e. The van der Waals surface area contributed by atoms with Crippen LogP contribution in [0, 0.1) is 5.92 Å². The van der Waals surface area contributed by atoms with Gasteiger partial charge in [0.05, 0.1) is 0 Å². The Bertz CT molecular complexity index is 563. The average molecular weight is 355 g/mol. The molecule has 6 nitrogen and oxygen atoms in total. The predicted octanol–water partition coefficient (Wildman–Crippen LogP) is 1.57. The Labute approximate surface area is 146 Å². The highest BCUT2D eigenvalue weighted by Gasteiger charge is 2.27. The van der Waals surface area contributed by atoms with Crippen LogP contribution in [0.1, 0.15) is 25.8 Å². The van der Waals surface area contributed by atoms with Gasteiger partial charge in [0.1, 0.15) is 18.0 Å². The van der Waals surface area contributed by atoms with E-state index in [1.807, 2.05) is 44.2 Å². The second kappa shape index (κ2) is 9.93. The third-order valence-electron chi connectivity index (χ3n) is 3.38. The maximum atomic E-state index is 12.5. The molecular weight excluding hydrogens is 332 g/mol. The van der Waals surface area contributed by atoms with Gasteiger partial charge >= 0.3 is 5.97 Å². The van der Waals surface area contributed by atoms with E-state index in [2.05, 4.69) is 10.6 Å². The van der Waals surface area contributed by atoms with Crippen LogP contribution in [-0.2, 0) is 20.8 Å². The highest BCUT2D eigenvalue weighted by Crippen LogP contribution is 2.08. The smallest absolute Gasteiger partial charge is 0.326 e. The number of rotatable bonds is 9. The fourth-order valence-corrected chi connectivity index (χ4v) is 2.33. The van der Waals surface area contributed by atoms with Gasteiger partial charge in [0.2, 0.25) is 11.8 Å². The molecule has 1 rings (SSSR count). The Hall–Kier alpha value is -2.08. The molecule has 0 saturated carbocycles. The number of nitrogens with one attached hydrogen (secondary N) is 2. The number of carbonyl (C=O) groups is 3. The van der Waals surface area contributed by atoms with Crippen LogP contribution in [0.15, 0.2) is 30.3 Å². The van der Waals surface area contributed by atoms with Crippen molar-refractivity contribution in [2.24, 2.45) is 5.92 Å². The zero-order valence-electron chi connectivity index (χ0n) is 13.8. The largest absolute Gasteiger partial charge is 0.480 e. The number of benzene rings is 1. The van der Waals surface area contributed by atoms with Crippen molar-refractivity contribution in [2.45, 2.75) is 38.8 Å². The quantitative estimate of drug-likeness (QED) is 0.586. The van der Waals surface area contributed by atoms with Crippen LogP contribution in [0.2, 0.25) is 0 Å². The number of alkyl halides is 1. The number of carboxylic acid groups (broad SMARTS) is 1. The van der Waals surface area contributed by atoms with Crippen molar-refractivity contribution in [1.29, 1.82) is 0 Å². The number of carboxylic acids is 1. The molecule has 3 N–H and O–H groups in total. The maximum absolute atomic E-state index is 12.5. The van der Waals surface area contributed by atoms with Gasteiger partial charge in [-0.1, -0.05) is 44.2 Å². The Kier molecular flexibility index (Phi) is 8.26. The van der Waals surface area contributed by atoms with Crippen LogP contribution in [0.5, 0.6) is 0 Å². The SMILES string of the molecule is CC(C)CC(NC(=O)C(Cc1ccccc1)NC(=O)CCl)C(=O)O. The minimum atomic E-state index is -1.10. The summed E-state index contributed by atoms with van der Waals surface area (Å²) in [5, 5.41) is 14.3. The normalized spacial score (nSPS) is 13.2. The molecule has 0 aliphatic heterocycles. The zero-order chi connectivity index (χ0) is 18.1. The maximum Gasteiger partial charge on any atom is 0.326 e. The average Bonchev–Trinajstić information content (AvgIpc) is 2.53. The van der Waals surface area contributed by atoms with Crippen LogP contribution >= 0.6 is 11.6 Å². The Morgan fingerprint density at radius 3 is 2.21 bits per heavy atom. The van der Waals surface area contributed by atoms with E-state index in [9.17, 15) is 19.5 Å². The summed E-state index contributed by atoms with van der Waals surface area (Å²) in [4.78, 5) is 35.3. The van der Waals surface area contributed by atoms with Crippen molar-refractivity contribution < 1.29 is 19.5 Å². The molecule has 1 aromatic carbocycles. The van der Waals surface area contributed by atoms with Crippen molar-refractivity contribution in [3.63, 3.8) is 0 Å². The van der Waals surface area contributed by atoms with Gasteiger partial charge in [-0.05, 0) is 17.9 Å². The number of halogens is 1. The van der Waals surface area contributed by atoms with Crippen LogP contribution in [0.3, 0.4) is 0 Å².